The molecule has 0 saturated heterocycles. The fourth-order valence-electron chi connectivity index (χ4n) is 1.07. The molecule has 0 N–H and O–H groups in total. The van der Waals surface area contributed by atoms with E-state index >= 15 is 0 Å². The molecule has 0 aliphatic carbocycles. The largest absolute Gasteiger partial charge is 0.259 e. The molecule has 0 atom stereocenters. The van der Waals surface area contributed by atoms with Crippen LogP contribution in [0.1, 0.15) is 0 Å². The Morgan fingerprint density at radius 1 is 1.00 bits per heavy atom. The first-order valence-corrected chi connectivity index (χ1v) is 3.94. The highest BCUT2D eigenvalue weighted by atomic mass is 28.1. The van der Waals surface area contributed by atoms with E-state index in [9.17, 15) is 0 Å². The lowest BCUT2D eigenvalue weighted by Crippen LogP contribution is -2.06. The lowest BCUT2D eigenvalue weighted by Gasteiger charge is -1.95. The quantitative estimate of drug-likeness (QED) is 0.519. The molecule has 0 fully saturated rings. The molecule has 0 unspecified atom stereocenters. The van der Waals surface area contributed by atoms with Crippen LogP contribution in [0.2, 0.25) is 0 Å². The van der Waals surface area contributed by atoms with Crippen LogP contribution < -0.4 is 5.32 Å². The number of benzene rings is 1. The van der Waals surface area contributed by atoms with Crippen LogP contribution in [0.25, 0.3) is 10.9 Å². The topological polar surface area (TPSA) is 12.9 Å². The molecule has 11 heavy (non-hydrogen) atoms. The number of para-hydroxylation sites is 1. The lowest BCUT2D eigenvalue weighted by molar-refractivity contribution is 1.48. The first-order valence-electron chi connectivity index (χ1n) is 3.44. The molecular weight excluding hydrogens is 150 g/mol. The summed E-state index contributed by atoms with van der Waals surface area (Å²) in [6, 6.07) is 12.0. The van der Waals surface area contributed by atoms with Crippen molar-refractivity contribution in [1.29, 1.82) is 0 Å². The molecule has 0 spiro atoms. The van der Waals surface area contributed by atoms with Gasteiger partial charge in [0.25, 0.3) is 0 Å². The van der Waals surface area contributed by atoms with E-state index in [0.29, 0.717) is 0 Å². The summed E-state index contributed by atoms with van der Waals surface area (Å²) in [6.45, 7) is 0. The zero-order chi connectivity index (χ0) is 7.68. The van der Waals surface area contributed by atoms with Crippen molar-refractivity contribution in [2.24, 2.45) is 0 Å². The average molecular weight is 156 g/mol. The van der Waals surface area contributed by atoms with E-state index in [-0.39, 0.29) is 0 Å². The number of pyridine rings is 1. The van der Waals surface area contributed by atoms with E-state index in [0.717, 1.165) is 10.8 Å². The Bertz CT molecular complexity index is 384. The smallest absolute Gasteiger partial charge is 0.0995 e. The summed E-state index contributed by atoms with van der Waals surface area (Å²) >= 11 is 0. The van der Waals surface area contributed by atoms with Gasteiger partial charge in [0, 0.05) is 10.7 Å². The van der Waals surface area contributed by atoms with Crippen LogP contribution in [-0.2, 0) is 0 Å². The maximum Gasteiger partial charge on any atom is 0.0995 e. The molecule has 0 amide bonds. The molecule has 0 aliphatic heterocycles. The van der Waals surface area contributed by atoms with Gasteiger partial charge in [-0.05, 0) is 12.1 Å². The van der Waals surface area contributed by atoms with Crippen molar-refractivity contribution in [3.63, 3.8) is 0 Å². The van der Waals surface area contributed by atoms with Gasteiger partial charge in [-0.2, -0.15) is 0 Å². The summed E-state index contributed by atoms with van der Waals surface area (Å²) < 4.78 is 0. The molecular formula is C9H6NSi. The molecule has 2 heteroatoms. The lowest BCUT2D eigenvalue weighted by atomic mass is 10.2. The molecule has 0 bridgehead atoms. The summed E-state index contributed by atoms with van der Waals surface area (Å²) in [5, 5.41) is 2.05. The molecule has 1 nitrogen and oxygen atoms in total. The monoisotopic (exact) mass is 156 g/mol. The minimum Gasteiger partial charge on any atom is -0.259 e. The van der Waals surface area contributed by atoms with E-state index in [1.165, 1.54) is 5.39 Å². The fourth-order valence-corrected chi connectivity index (χ4v) is 1.27. The maximum absolute atomic E-state index is 4.29. The van der Waals surface area contributed by atoms with Gasteiger partial charge in [0.1, 0.15) is 0 Å². The van der Waals surface area contributed by atoms with E-state index < -0.39 is 0 Å². The third-order valence-electron chi connectivity index (χ3n) is 1.60. The third-order valence-corrected chi connectivity index (χ3v) is 1.88. The van der Waals surface area contributed by atoms with Crippen LogP contribution in [0.5, 0.6) is 0 Å². The highest BCUT2D eigenvalue weighted by Crippen LogP contribution is 2.07. The van der Waals surface area contributed by atoms with Gasteiger partial charge in [0.05, 0.1) is 15.8 Å². The second-order valence-corrected chi connectivity index (χ2v) is 2.90. The maximum atomic E-state index is 4.29. The molecule has 51 valence electrons. The number of rotatable bonds is 0. The van der Waals surface area contributed by atoms with Gasteiger partial charge in [0.2, 0.25) is 0 Å². The van der Waals surface area contributed by atoms with Gasteiger partial charge in [-0.1, -0.05) is 24.3 Å². The summed E-state index contributed by atoms with van der Waals surface area (Å²) in [4.78, 5) is 4.29. The summed E-state index contributed by atoms with van der Waals surface area (Å²) in [5.41, 5.74) is 1.03. The highest BCUT2D eigenvalue weighted by molar-refractivity contribution is 6.31. The molecule has 0 aliphatic rings. The van der Waals surface area contributed by atoms with Crippen molar-refractivity contribution in [3.05, 3.63) is 36.4 Å². The third kappa shape index (κ3) is 1.17. The van der Waals surface area contributed by atoms with Crippen LogP contribution in [-0.4, -0.2) is 15.2 Å². The molecule has 1 aromatic heterocycles. The second kappa shape index (κ2) is 2.47. The van der Waals surface area contributed by atoms with Crippen LogP contribution in [0, 0.1) is 0 Å². The Kier molecular flexibility index (Phi) is 1.47. The predicted octanol–water partition coefficient (Wildman–Crippen LogP) is 1.03. The van der Waals surface area contributed by atoms with Gasteiger partial charge in [-0.3, -0.25) is 4.98 Å². The number of aromatic nitrogens is 1. The average Bonchev–Trinajstić information content (AvgIpc) is 2.04. The van der Waals surface area contributed by atoms with E-state index in [1.54, 1.807) is 0 Å². The standard InChI is InChI=1S/C9H6NSi/c11-9-6-5-7-3-1-2-4-8(7)10-9/h1-6H. The van der Waals surface area contributed by atoms with Crippen LogP contribution in [0.4, 0.5) is 0 Å². The summed E-state index contributed by atoms with van der Waals surface area (Å²) in [6.07, 6.45) is 0. The van der Waals surface area contributed by atoms with Gasteiger partial charge in [-0.15, -0.1) is 0 Å². The number of fused-ring (bicyclic) bond motifs is 1. The number of hydrogen-bond acceptors (Lipinski definition) is 1. The number of hydrogen-bond donors (Lipinski definition) is 0. The first kappa shape index (κ1) is 6.55. The van der Waals surface area contributed by atoms with E-state index in [1.807, 2.05) is 36.4 Å². The molecule has 1 heterocycles. The fraction of sp³-hybridized carbons (Fsp3) is 0. The van der Waals surface area contributed by atoms with Crippen molar-refractivity contribution in [2.45, 2.75) is 0 Å². The molecule has 3 radical (unpaired) electrons. The van der Waals surface area contributed by atoms with Gasteiger partial charge < -0.3 is 0 Å². The molecule has 1 aromatic carbocycles. The Hall–Kier alpha value is -1.15. The van der Waals surface area contributed by atoms with Gasteiger partial charge in [0.15, 0.2) is 0 Å². The number of nitrogens with zero attached hydrogens (tertiary/aromatic N) is 1. The summed E-state index contributed by atoms with van der Waals surface area (Å²) in [5.74, 6) is 0. The zero-order valence-electron chi connectivity index (χ0n) is 5.91. The molecule has 2 rings (SSSR count). The Morgan fingerprint density at radius 2 is 1.82 bits per heavy atom. The van der Waals surface area contributed by atoms with Gasteiger partial charge >= 0.3 is 0 Å². The highest BCUT2D eigenvalue weighted by Gasteiger charge is 1.91. The first-order chi connectivity index (χ1) is 5.36. The van der Waals surface area contributed by atoms with Crippen molar-refractivity contribution in [3.8, 4) is 0 Å². The predicted molar refractivity (Wildman–Crippen MR) is 47.1 cm³/mol. The van der Waals surface area contributed by atoms with Crippen molar-refractivity contribution in [1.82, 2.24) is 4.98 Å². The van der Waals surface area contributed by atoms with Gasteiger partial charge in [-0.25, -0.2) is 0 Å². The zero-order valence-corrected chi connectivity index (χ0v) is 6.91. The van der Waals surface area contributed by atoms with Crippen molar-refractivity contribution in [2.75, 3.05) is 0 Å². The normalized spacial score (nSPS) is 10.3. The second-order valence-electron chi connectivity index (χ2n) is 2.39. The van der Waals surface area contributed by atoms with E-state index in [4.69, 9.17) is 0 Å². The van der Waals surface area contributed by atoms with Crippen LogP contribution in [0.15, 0.2) is 36.4 Å². The Balaban J connectivity index is 2.83. The summed E-state index contributed by atoms with van der Waals surface area (Å²) in [7, 11) is 3.37. The van der Waals surface area contributed by atoms with Crippen molar-refractivity contribution < 1.29 is 0 Å². The van der Waals surface area contributed by atoms with Crippen LogP contribution in [0.3, 0.4) is 0 Å². The SMILES string of the molecule is [Si]c1ccc2ccccc2n1. The molecule has 0 saturated carbocycles. The van der Waals surface area contributed by atoms with E-state index in [2.05, 4.69) is 15.2 Å². The van der Waals surface area contributed by atoms with Crippen LogP contribution >= 0.6 is 0 Å². The minimum absolute atomic E-state index is 0.878. The minimum atomic E-state index is 0.878. The Morgan fingerprint density at radius 3 is 2.73 bits per heavy atom. The molecule has 2 aromatic rings. The van der Waals surface area contributed by atoms with Crippen molar-refractivity contribution >= 4 is 26.5 Å². The Labute approximate surface area is 68.5 Å².